The summed E-state index contributed by atoms with van der Waals surface area (Å²) in [5, 5.41) is 7.53. The van der Waals surface area contributed by atoms with Gasteiger partial charge in [0.15, 0.2) is 0 Å². The number of thiazole rings is 1. The lowest BCUT2D eigenvalue weighted by Gasteiger charge is -2.12. The molecule has 0 aliphatic carbocycles. The number of nitrogens with zero attached hydrogens (tertiary/aromatic N) is 3. The monoisotopic (exact) mass is 320 g/mol. The molecular formula is C13H16N6S2. The molecule has 8 heteroatoms. The van der Waals surface area contributed by atoms with E-state index in [0.29, 0.717) is 11.9 Å². The van der Waals surface area contributed by atoms with Crippen molar-refractivity contribution in [2.45, 2.75) is 19.8 Å². The molecule has 21 heavy (non-hydrogen) atoms. The lowest BCUT2D eigenvalue weighted by atomic mass is 10.2. The number of hydrogen-bond donors (Lipinski definition) is 3. The van der Waals surface area contributed by atoms with Gasteiger partial charge in [0.05, 0.1) is 10.4 Å². The van der Waals surface area contributed by atoms with Crippen molar-refractivity contribution in [2.75, 3.05) is 17.3 Å². The third kappa shape index (κ3) is 2.97. The Balaban J connectivity index is 1.85. The van der Waals surface area contributed by atoms with E-state index in [1.807, 2.05) is 11.6 Å². The Kier molecular flexibility index (Phi) is 4.00. The Morgan fingerprint density at radius 1 is 1.38 bits per heavy atom. The van der Waals surface area contributed by atoms with Gasteiger partial charge >= 0.3 is 0 Å². The summed E-state index contributed by atoms with van der Waals surface area (Å²) in [5.41, 5.74) is 2.52. The molecule has 0 aliphatic rings. The predicted molar refractivity (Wildman–Crippen MR) is 89.0 cm³/mol. The maximum Gasteiger partial charge on any atom is 0.240 e. The maximum absolute atomic E-state index is 5.44. The van der Waals surface area contributed by atoms with Crippen molar-refractivity contribution in [1.29, 1.82) is 0 Å². The molecule has 0 bridgehead atoms. The zero-order valence-electron chi connectivity index (χ0n) is 11.8. The van der Waals surface area contributed by atoms with Crippen LogP contribution in [0.1, 0.15) is 22.7 Å². The van der Waals surface area contributed by atoms with Crippen molar-refractivity contribution in [3.63, 3.8) is 0 Å². The largest absolute Gasteiger partial charge is 0.369 e. The van der Waals surface area contributed by atoms with Gasteiger partial charge in [-0.1, -0.05) is 6.92 Å². The number of rotatable bonds is 5. The van der Waals surface area contributed by atoms with Crippen molar-refractivity contribution in [1.82, 2.24) is 15.0 Å². The second-order valence-corrected chi connectivity index (χ2v) is 6.93. The number of hydrogen-bond acceptors (Lipinski definition) is 8. The first-order chi connectivity index (χ1) is 10.2. The van der Waals surface area contributed by atoms with Crippen LogP contribution < -0.4 is 16.6 Å². The molecule has 3 rings (SSSR count). The van der Waals surface area contributed by atoms with Gasteiger partial charge in [-0.15, -0.1) is 22.7 Å². The number of nitrogens with one attached hydrogen (secondary N) is 2. The van der Waals surface area contributed by atoms with Crippen LogP contribution in [0.4, 0.5) is 11.8 Å². The minimum absolute atomic E-state index is 0.323. The van der Waals surface area contributed by atoms with Gasteiger partial charge in [-0.3, -0.25) is 5.43 Å². The van der Waals surface area contributed by atoms with E-state index in [-0.39, 0.29) is 0 Å². The number of fused-ring (bicyclic) bond motifs is 1. The van der Waals surface area contributed by atoms with Crippen LogP contribution in [-0.2, 0) is 0 Å². The molecule has 0 amide bonds. The van der Waals surface area contributed by atoms with Crippen molar-refractivity contribution >= 4 is 44.7 Å². The third-order valence-corrected chi connectivity index (χ3v) is 5.05. The van der Waals surface area contributed by atoms with E-state index >= 15 is 0 Å². The number of aryl methyl sites for hydroxylation is 1. The third-order valence-electron chi connectivity index (χ3n) is 3.09. The summed E-state index contributed by atoms with van der Waals surface area (Å²) >= 11 is 3.30. The van der Waals surface area contributed by atoms with E-state index in [9.17, 15) is 0 Å². The standard InChI is InChI=1S/C13H16N6S2/c1-7(11-15-3-4-20-11)6-16-10-9-5-8(2)21-12(9)18-13(17-10)19-14/h3-5,7H,6,14H2,1-2H3,(H2,16,17,18,19). The summed E-state index contributed by atoms with van der Waals surface area (Å²) < 4.78 is 0. The van der Waals surface area contributed by atoms with Gasteiger partial charge in [0.1, 0.15) is 10.6 Å². The average Bonchev–Trinajstić information content (AvgIpc) is 3.12. The topological polar surface area (TPSA) is 88.8 Å². The van der Waals surface area contributed by atoms with Gasteiger partial charge in [0, 0.05) is 28.9 Å². The van der Waals surface area contributed by atoms with Crippen LogP contribution in [0.2, 0.25) is 0 Å². The Morgan fingerprint density at radius 3 is 2.95 bits per heavy atom. The van der Waals surface area contributed by atoms with Gasteiger partial charge in [0.2, 0.25) is 5.95 Å². The van der Waals surface area contributed by atoms with Gasteiger partial charge in [-0.05, 0) is 13.0 Å². The Bertz CT molecular complexity index is 737. The molecule has 3 aromatic rings. The first-order valence-corrected chi connectivity index (χ1v) is 8.25. The molecule has 6 nitrogen and oxygen atoms in total. The predicted octanol–water partition coefficient (Wildman–Crippen LogP) is 2.96. The van der Waals surface area contributed by atoms with Crippen LogP contribution in [0.15, 0.2) is 17.6 Å². The number of nitrogens with two attached hydrogens (primary N) is 1. The smallest absolute Gasteiger partial charge is 0.240 e. The highest BCUT2D eigenvalue weighted by molar-refractivity contribution is 7.18. The van der Waals surface area contributed by atoms with E-state index in [0.717, 1.165) is 27.6 Å². The van der Waals surface area contributed by atoms with E-state index in [2.05, 4.69) is 45.6 Å². The highest BCUT2D eigenvalue weighted by atomic mass is 32.1. The Morgan fingerprint density at radius 2 is 2.24 bits per heavy atom. The second kappa shape index (κ2) is 5.92. The first-order valence-electron chi connectivity index (χ1n) is 6.55. The molecule has 3 aromatic heterocycles. The van der Waals surface area contributed by atoms with Crippen LogP contribution >= 0.6 is 22.7 Å². The van der Waals surface area contributed by atoms with Gasteiger partial charge < -0.3 is 5.32 Å². The number of anilines is 2. The minimum atomic E-state index is 0.323. The molecule has 0 saturated carbocycles. The number of aromatic nitrogens is 3. The SMILES string of the molecule is Cc1cc2c(NCC(C)c3nccs3)nc(NN)nc2s1. The molecule has 0 fully saturated rings. The number of hydrazine groups is 1. The van der Waals surface area contributed by atoms with Crippen molar-refractivity contribution in [3.8, 4) is 0 Å². The molecule has 110 valence electrons. The minimum Gasteiger partial charge on any atom is -0.369 e. The quantitative estimate of drug-likeness (QED) is 0.495. The van der Waals surface area contributed by atoms with Crippen molar-refractivity contribution in [2.24, 2.45) is 5.84 Å². The normalized spacial score (nSPS) is 12.5. The Labute approximate surface area is 130 Å². The van der Waals surface area contributed by atoms with E-state index in [1.54, 1.807) is 22.7 Å². The maximum atomic E-state index is 5.44. The fourth-order valence-electron chi connectivity index (χ4n) is 2.06. The van der Waals surface area contributed by atoms with Crippen LogP contribution in [0.25, 0.3) is 10.2 Å². The van der Waals surface area contributed by atoms with Gasteiger partial charge in [0.25, 0.3) is 0 Å². The van der Waals surface area contributed by atoms with E-state index in [4.69, 9.17) is 5.84 Å². The summed E-state index contributed by atoms with van der Waals surface area (Å²) in [7, 11) is 0. The van der Waals surface area contributed by atoms with Crippen LogP contribution in [-0.4, -0.2) is 21.5 Å². The van der Waals surface area contributed by atoms with E-state index < -0.39 is 0 Å². The molecule has 0 aliphatic heterocycles. The number of thiophene rings is 1. The molecule has 1 atom stereocenters. The number of nitrogen functional groups attached to an aromatic ring is 1. The van der Waals surface area contributed by atoms with Gasteiger partial charge in [-0.25, -0.2) is 15.8 Å². The van der Waals surface area contributed by atoms with Crippen LogP contribution in [0, 0.1) is 6.92 Å². The first kappa shape index (κ1) is 14.2. The zero-order chi connectivity index (χ0) is 14.8. The molecule has 1 unspecified atom stereocenters. The summed E-state index contributed by atoms with van der Waals surface area (Å²) in [6, 6.07) is 2.09. The fourth-order valence-corrected chi connectivity index (χ4v) is 3.63. The molecule has 3 heterocycles. The van der Waals surface area contributed by atoms with E-state index in [1.165, 1.54) is 4.88 Å². The zero-order valence-corrected chi connectivity index (χ0v) is 13.4. The molecule has 0 saturated heterocycles. The molecule has 0 spiro atoms. The highest BCUT2D eigenvalue weighted by Crippen LogP contribution is 2.30. The fraction of sp³-hybridized carbons (Fsp3) is 0.308. The molecular weight excluding hydrogens is 304 g/mol. The van der Waals surface area contributed by atoms with Gasteiger partial charge in [-0.2, -0.15) is 4.98 Å². The molecule has 0 aromatic carbocycles. The van der Waals surface area contributed by atoms with Crippen molar-refractivity contribution in [3.05, 3.63) is 27.5 Å². The lowest BCUT2D eigenvalue weighted by Crippen LogP contribution is -2.14. The lowest BCUT2D eigenvalue weighted by molar-refractivity contribution is 0.792. The summed E-state index contributed by atoms with van der Waals surface area (Å²) in [4.78, 5) is 15.3. The average molecular weight is 320 g/mol. The van der Waals surface area contributed by atoms with Crippen LogP contribution in [0.5, 0.6) is 0 Å². The molecule has 4 N–H and O–H groups in total. The summed E-state index contributed by atoms with van der Waals surface area (Å²) in [6.45, 7) is 4.97. The molecule has 0 radical (unpaired) electrons. The van der Waals surface area contributed by atoms with Crippen LogP contribution in [0.3, 0.4) is 0 Å². The second-order valence-electron chi connectivity index (χ2n) is 4.77. The van der Waals surface area contributed by atoms with Crippen molar-refractivity contribution < 1.29 is 0 Å². The summed E-state index contributed by atoms with van der Waals surface area (Å²) in [6.07, 6.45) is 1.83. The highest BCUT2D eigenvalue weighted by Gasteiger charge is 2.13. The summed E-state index contributed by atoms with van der Waals surface area (Å²) in [5.74, 6) is 7.00. The Hall–Kier alpha value is -1.77.